The first-order valence-electron chi connectivity index (χ1n) is 5.32. The molecule has 1 aromatic rings. The second kappa shape index (κ2) is 4.91. The summed E-state index contributed by atoms with van der Waals surface area (Å²) in [6.07, 6.45) is -1.25. The van der Waals surface area contributed by atoms with Gasteiger partial charge >= 0.3 is 0 Å². The number of hydrogen-bond acceptors (Lipinski definition) is 3. The number of halogens is 1. The zero-order valence-corrected chi connectivity index (χ0v) is 9.15. The van der Waals surface area contributed by atoms with E-state index < -0.39 is 12.2 Å². The number of hydrogen-bond donors (Lipinski definition) is 1. The Morgan fingerprint density at radius 3 is 2.94 bits per heavy atom. The molecule has 1 N–H and O–H groups in total. The third kappa shape index (κ3) is 2.40. The zero-order valence-electron chi connectivity index (χ0n) is 9.15. The molecule has 0 radical (unpaired) electrons. The van der Waals surface area contributed by atoms with Gasteiger partial charge in [0.2, 0.25) is 0 Å². The van der Waals surface area contributed by atoms with Crippen LogP contribution in [0.15, 0.2) is 18.2 Å². The molecule has 1 saturated heterocycles. The Balaban J connectivity index is 2.18. The van der Waals surface area contributed by atoms with E-state index in [1.54, 1.807) is 6.07 Å². The van der Waals surface area contributed by atoms with E-state index in [0.717, 1.165) is 5.56 Å². The summed E-state index contributed by atoms with van der Waals surface area (Å²) in [4.78, 5) is 0. The van der Waals surface area contributed by atoms with E-state index in [1.807, 2.05) is 6.92 Å². The Hall–Kier alpha value is -0.970. The van der Waals surface area contributed by atoms with E-state index in [9.17, 15) is 9.50 Å². The van der Waals surface area contributed by atoms with E-state index in [2.05, 4.69) is 0 Å². The van der Waals surface area contributed by atoms with Gasteiger partial charge in [-0.3, -0.25) is 0 Å². The topological polar surface area (TPSA) is 38.7 Å². The lowest BCUT2D eigenvalue weighted by Crippen LogP contribution is -2.34. The molecule has 1 aromatic carbocycles. The summed E-state index contributed by atoms with van der Waals surface area (Å²) in [6, 6.07) is 4.37. The average Bonchev–Trinajstić information content (AvgIpc) is 2.32. The standard InChI is InChI=1S/C12H15FO3/c1-8-2-3-9(13)6-10(8)12(14)11-7-15-4-5-16-11/h2-3,6,11-12,14H,4-5,7H2,1H3. The van der Waals surface area contributed by atoms with Gasteiger partial charge in [0.1, 0.15) is 18.0 Å². The molecule has 3 nitrogen and oxygen atoms in total. The maximum Gasteiger partial charge on any atom is 0.123 e. The molecule has 2 atom stereocenters. The number of ether oxygens (including phenoxy) is 2. The van der Waals surface area contributed by atoms with Gasteiger partial charge in [0.25, 0.3) is 0 Å². The summed E-state index contributed by atoms with van der Waals surface area (Å²) < 4.78 is 23.7. The molecule has 88 valence electrons. The van der Waals surface area contributed by atoms with Crippen molar-refractivity contribution in [3.05, 3.63) is 35.1 Å². The van der Waals surface area contributed by atoms with E-state index >= 15 is 0 Å². The summed E-state index contributed by atoms with van der Waals surface area (Å²) in [7, 11) is 0. The molecular weight excluding hydrogens is 211 g/mol. The summed E-state index contributed by atoms with van der Waals surface area (Å²) >= 11 is 0. The van der Waals surface area contributed by atoms with Crippen LogP contribution in [0.3, 0.4) is 0 Å². The van der Waals surface area contributed by atoms with Crippen LogP contribution in [0.2, 0.25) is 0 Å². The van der Waals surface area contributed by atoms with Gasteiger partial charge in [0, 0.05) is 0 Å². The van der Waals surface area contributed by atoms with Crippen molar-refractivity contribution in [1.82, 2.24) is 0 Å². The summed E-state index contributed by atoms with van der Waals surface area (Å²) in [5.41, 5.74) is 1.42. The lowest BCUT2D eigenvalue weighted by molar-refractivity contribution is -0.133. The highest BCUT2D eigenvalue weighted by molar-refractivity contribution is 5.29. The molecule has 2 unspecified atom stereocenters. The van der Waals surface area contributed by atoms with E-state index in [1.165, 1.54) is 12.1 Å². The fourth-order valence-corrected chi connectivity index (χ4v) is 1.82. The van der Waals surface area contributed by atoms with Crippen LogP contribution in [0, 0.1) is 12.7 Å². The third-order valence-electron chi connectivity index (χ3n) is 2.75. The molecule has 0 amide bonds. The first-order valence-corrected chi connectivity index (χ1v) is 5.32. The molecule has 0 aromatic heterocycles. The van der Waals surface area contributed by atoms with Crippen molar-refractivity contribution in [3.8, 4) is 0 Å². The molecule has 1 aliphatic rings. The smallest absolute Gasteiger partial charge is 0.123 e. The largest absolute Gasteiger partial charge is 0.386 e. The maximum absolute atomic E-state index is 13.1. The molecule has 1 aliphatic heterocycles. The number of rotatable bonds is 2. The maximum atomic E-state index is 13.1. The van der Waals surface area contributed by atoms with E-state index in [-0.39, 0.29) is 5.82 Å². The van der Waals surface area contributed by atoms with Crippen LogP contribution < -0.4 is 0 Å². The van der Waals surface area contributed by atoms with Crippen LogP contribution in [0.4, 0.5) is 4.39 Å². The normalized spacial score (nSPS) is 23.1. The lowest BCUT2D eigenvalue weighted by atomic mass is 9.99. The molecule has 16 heavy (non-hydrogen) atoms. The van der Waals surface area contributed by atoms with Crippen molar-refractivity contribution in [2.45, 2.75) is 19.1 Å². The van der Waals surface area contributed by atoms with Crippen LogP contribution in [-0.4, -0.2) is 31.0 Å². The van der Waals surface area contributed by atoms with E-state index in [4.69, 9.17) is 9.47 Å². The zero-order chi connectivity index (χ0) is 11.5. The fraction of sp³-hybridized carbons (Fsp3) is 0.500. The predicted molar refractivity (Wildman–Crippen MR) is 56.7 cm³/mol. The molecule has 2 rings (SSSR count). The highest BCUT2D eigenvalue weighted by Gasteiger charge is 2.25. The molecule has 1 heterocycles. The minimum Gasteiger partial charge on any atom is -0.386 e. The van der Waals surface area contributed by atoms with Crippen LogP contribution in [0.5, 0.6) is 0 Å². The Morgan fingerprint density at radius 1 is 1.44 bits per heavy atom. The Morgan fingerprint density at radius 2 is 2.25 bits per heavy atom. The lowest BCUT2D eigenvalue weighted by Gasteiger charge is -2.28. The van der Waals surface area contributed by atoms with Crippen molar-refractivity contribution in [1.29, 1.82) is 0 Å². The average molecular weight is 226 g/mol. The predicted octanol–water partition coefficient (Wildman–Crippen LogP) is 1.58. The van der Waals surface area contributed by atoms with Crippen molar-refractivity contribution >= 4 is 0 Å². The van der Waals surface area contributed by atoms with Crippen molar-refractivity contribution in [2.75, 3.05) is 19.8 Å². The Kier molecular flexibility index (Phi) is 3.53. The number of aliphatic hydroxyl groups excluding tert-OH is 1. The van der Waals surface area contributed by atoms with Crippen LogP contribution in [0.25, 0.3) is 0 Å². The number of benzene rings is 1. The van der Waals surface area contributed by atoms with Gasteiger partial charge in [0.05, 0.1) is 19.8 Å². The summed E-state index contributed by atoms with van der Waals surface area (Å²) in [6.45, 7) is 3.19. The first kappa shape index (κ1) is 11.5. The molecule has 4 heteroatoms. The molecule has 0 bridgehead atoms. The first-order chi connectivity index (χ1) is 7.68. The van der Waals surface area contributed by atoms with Gasteiger partial charge in [-0.05, 0) is 30.2 Å². The highest BCUT2D eigenvalue weighted by atomic mass is 19.1. The van der Waals surface area contributed by atoms with Crippen LogP contribution >= 0.6 is 0 Å². The monoisotopic (exact) mass is 226 g/mol. The van der Waals surface area contributed by atoms with Crippen molar-refractivity contribution in [3.63, 3.8) is 0 Å². The van der Waals surface area contributed by atoms with Gasteiger partial charge < -0.3 is 14.6 Å². The molecule has 0 aliphatic carbocycles. The van der Waals surface area contributed by atoms with Crippen molar-refractivity contribution < 1.29 is 19.0 Å². The molecule has 0 spiro atoms. The summed E-state index contributed by atoms with van der Waals surface area (Å²) in [5.74, 6) is -0.351. The minimum atomic E-state index is -0.837. The Labute approximate surface area is 93.8 Å². The SMILES string of the molecule is Cc1ccc(F)cc1C(O)C1COCCO1. The molecular formula is C12H15FO3. The van der Waals surface area contributed by atoms with Gasteiger partial charge in [-0.25, -0.2) is 4.39 Å². The van der Waals surface area contributed by atoms with Crippen molar-refractivity contribution in [2.24, 2.45) is 0 Å². The Bertz CT molecular complexity index is 361. The fourth-order valence-electron chi connectivity index (χ4n) is 1.82. The van der Waals surface area contributed by atoms with Gasteiger partial charge in [-0.1, -0.05) is 6.07 Å². The van der Waals surface area contributed by atoms with Gasteiger partial charge in [-0.15, -0.1) is 0 Å². The molecule has 1 fully saturated rings. The number of aliphatic hydroxyl groups is 1. The summed E-state index contributed by atoms with van der Waals surface area (Å²) in [5, 5.41) is 10.1. The number of aryl methyl sites for hydroxylation is 1. The highest BCUT2D eigenvalue weighted by Crippen LogP contribution is 2.24. The second-order valence-electron chi connectivity index (χ2n) is 3.93. The second-order valence-corrected chi connectivity index (χ2v) is 3.93. The molecule has 0 saturated carbocycles. The third-order valence-corrected chi connectivity index (χ3v) is 2.75. The van der Waals surface area contributed by atoms with Crippen LogP contribution in [0.1, 0.15) is 17.2 Å². The van der Waals surface area contributed by atoms with E-state index in [0.29, 0.717) is 25.4 Å². The van der Waals surface area contributed by atoms with Crippen LogP contribution in [-0.2, 0) is 9.47 Å². The minimum absolute atomic E-state index is 0.344. The van der Waals surface area contributed by atoms with Gasteiger partial charge in [-0.2, -0.15) is 0 Å². The quantitative estimate of drug-likeness (QED) is 0.832. The van der Waals surface area contributed by atoms with Gasteiger partial charge in [0.15, 0.2) is 0 Å².